The number of anilines is 1. The van der Waals surface area contributed by atoms with E-state index in [4.69, 9.17) is 0 Å². The van der Waals surface area contributed by atoms with Crippen molar-refractivity contribution in [2.75, 3.05) is 12.4 Å². The van der Waals surface area contributed by atoms with Crippen LogP contribution in [-0.4, -0.2) is 31.4 Å². The van der Waals surface area contributed by atoms with Crippen LogP contribution in [-0.2, 0) is 14.8 Å². The summed E-state index contributed by atoms with van der Waals surface area (Å²) in [6, 6.07) is 7.87. The van der Waals surface area contributed by atoms with Gasteiger partial charge in [0.05, 0.1) is 9.82 Å². The molecule has 0 bridgehead atoms. The number of benzene rings is 2. The number of phenolic OH excluding ortho intramolecular Hbond substituents is 1. The Labute approximate surface area is 148 Å². The maximum atomic E-state index is 12.2. The van der Waals surface area contributed by atoms with Crippen molar-refractivity contribution in [3.05, 3.63) is 57.6 Å². The molecular formula is C16H13N3O6S. The number of nitrogens with zero attached hydrogens (tertiary/aromatic N) is 1. The Hall–Kier alpha value is -3.24. The number of aromatic hydroxyl groups is 1. The Morgan fingerprint density at radius 1 is 1.23 bits per heavy atom. The molecule has 0 radical (unpaired) electrons. The number of sulfonamides is 1. The lowest BCUT2D eigenvalue weighted by molar-refractivity contribution is -0.385. The van der Waals surface area contributed by atoms with Crippen LogP contribution in [0.1, 0.15) is 11.1 Å². The standard InChI is InChI=1S/C16H13N3O6S/c1-17-26(24,25)10-3-4-13-11(8-10)12(16(21)18-13)6-9-2-5-15(20)14(7-9)19(22)23/h2-8,17,20H,1H3,(H,18,21). The number of amides is 1. The molecule has 0 saturated heterocycles. The lowest BCUT2D eigenvalue weighted by Gasteiger charge is -2.05. The van der Waals surface area contributed by atoms with Crippen molar-refractivity contribution in [1.29, 1.82) is 0 Å². The van der Waals surface area contributed by atoms with E-state index in [1.54, 1.807) is 0 Å². The Bertz CT molecular complexity index is 1080. The predicted octanol–water partition coefficient (Wildman–Crippen LogP) is 1.70. The number of phenols is 1. The van der Waals surface area contributed by atoms with Crippen LogP contribution in [0.15, 0.2) is 41.3 Å². The van der Waals surface area contributed by atoms with E-state index in [-0.39, 0.29) is 10.5 Å². The highest BCUT2D eigenvalue weighted by molar-refractivity contribution is 7.89. The molecule has 0 spiro atoms. The summed E-state index contributed by atoms with van der Waals surface area (Å²) >= 11 is 0. The van der Waals surface area contributed by atoms with Gasteiger partial charge in [0.1, 0.15) is 0 Å². The number of rotatable bonds is 4. The third-order valence-corrected chi connectivity index (χ3v) is 5.27. The van der Waals surface area contributed by atoms with Gasteiger partial charge in [0.15, 0.2) is 5.75 Å². The number of nitrogens with one attached hydrogen (secondary N) is 2. The molecule has 0 atom stereocenters. The Balaban J connectivity index is 2.12. The number of hydrogen-bond acceptors (Lipinski definition) is 6. The second-order valence-electron chi connectivity index (χ2n) is 5.43. The molecular weight excluding hydrogens is 362 g/mol. The van der Waals surface area contributed by atoms with Crippen LogP contribution in [0.5, 0.6) is 5.75 Å². The van der Waals surface area contributed by atoms with Gasteiger partial charge in [-0.2, -0.15) is 0 Å². The molecule has 134 valence electrons. The molecule has 0 fully saturated rings. The fourth-order valence-electron chi connectivity index (χ4n) is 2.54. The first-order valence-corrected chi connectivity index (χ1v) is 8.79. The van der Waals surface area contributed by atoms with Crippen LogP contribution in [0, 0.1) is 10.1 Å². The van der Waals surface area contributed by atoms with Crippen LogP contribution >= 0.6 is 0 Å². The SMILES string of the molecule is CNS(=O)(=O)c1ccc2c(c1)C(=Cc1ccc(O)c([N+](=O)[O-])c1)C(=O)N2. The molecule has 0 aliphatic carbocycles. The van der Waals surface area contributed by atoms with Gasteiger partial charge in [-0.3, -0.25) is 14.9 Å². The molecule has 1 heterocycles. The molecule has 1 aliphatic rings. The van der Waals surface area contributed by atoms with E-state index in [1.807, 2.05) is 0 Å². The fraction of sp³-hybridized carbons (Fsp3) is 0.0625. The normalized spacial score (nSPS) is 15.0. The lowest BCUT2D eigenvalue weighted by atomic mass is 10.0. The fourth-order valence-corrected chi connectivity index (χ4v) is 3.29. The molecule has 0 saturated carbocycles. The third-order valence-electron chi connectivity index (χ3n) is 3.86. The van der Waals surface area contributed by atoms with Crippen molar-refractivity contribution >= 4 is 39.0 Å². The summed E-state index contributed by atoms with van der Waals surface area (Å²) in [6.45, 7) is 0. The van der Waals surface area contributed by atoms with E-state index in [0.29, 0.717) is 16.8 Å². The molecule has 26 heavy (non-hydrogen) atoms. The molecule has 1 amide bonds. The van der Waals surface area contributed by atoms with Crippen molar-refractivity contribution < 1.29 is 23.2 Å². The quantitative estimate of drug-likeness (QED) is 0.422. The van der Waals surface area contributed by atoms with E-state index in [1.165, 1.54) is 37.4 Å². The summed E-state index contributed by atoms with van der Waals surface area (Å²) in [4.78, 5) is 22.4. The molecule has 2 aromatic rings. The second kappa shape index (κ2) is 6.24. The summed E-state index contributed by atoms with van der Waals surface area (Å²) in [7, 11) is -2.42. The summed E-state index contributed by atoms with van der Waals surface area (Å²) in [5.41, 5.74) is 0.777. The number of carbonyl (C=O) groups is 1. The van der Waals surface area contributed by atoms with Crippen LogP contribution in [0.25, 0.3) is 11.6 Å². The lowest BCUT2D eigenvalue weighted by Crippen LogP contribution is -2.18. The first-order chi connectivity index (χ1) is 12.2. The van der Waals surface area contributed by atoms with E-state index >= 15 is 0 Å². The van der Waals surface area contributed by atoms with Gasteiger partial charge >= 0.3 is 5.69 Å². The molecule has 10 heteroatoms. The third kappa shape index (κ3) is 3.03. The Morgan fingerprint density at radius 2 is 1.96 bits per heavy atom. The zero-order valence-electron chi connectivity index (χ0n) is 13.4. The average Bonchev–Trinajstić information content (AvgIpc) is 2.91. The van der Waals surface area contributed by atoms with Gasteiger partial charge in [-0.05, 0) is 43.0 Å². The van der Waals surface area contributed by atoms with E-state index in [9.17, 15) is 28.4 Å². The first-order valence-electron chi connectivity index (χ1n) is 7.31. The zero-order chi connectivity index (χ0) is 19.1. The number of nitro groups is 1. The van der Waals surface area contributed by atoms with E-state index in [0.717, 1.165) is 12.1 Å². The van der Waals surface area contributed by atoms with Crippen molar-refractivity contribution in [3.8, 4) is 5.75 Å². The number of hydrogen-bond donors (Lipinski definition) is 3. The molecule has 9 nitrogen and oxygen atoms in total. The van der Waals surface area contributed by atoms with Gasteiger partial charge < -0.3 is 10.4 Å². The molecule has 0 aromatic heterocycles. The minimum atomic E-state index is -3.70. The Kier molecular flexibility index (Phi) is 4.22. The Morgan fingerprint density at radius 3 is 2.62 bits per heavy atom. The maximum Gasteiger partial charge on any atom is 0.311 e. The highest BCUT2D eigenvalue weighted by Gasteiger charge is 2.26. The van der Waals surface area contributed by atoms with Gasteiger partial charge in [0.25, 0.3) is 5.91 Å². The second-order valence-corrected chi connectivity index (χ2v) is 7.32. The monoisotopic (exact) mass is 375 g/mol. The minimum absolute atomic E-state index is 0.0159. The smallest absolute Gasteiger partial charge is 0.311 e. The van der Waals surface area contributed by atoms with Gasteiger partial charge in [-0.1, -0.05) is 6.07 Å². The van der Waals surface area contributed by atoms with Crippen molar-refractivity contribution in [1.82, 2.24) is 4.72 Å². The van der Waals surface area contributed by atoms with Crippen LogP contribution in [0.2, 0.25) is 0 Å². The zero-order valence-corrected chi connectivity index (χ0v) is 14.2. The first kappa shape index (κ1) is 17.6. The highest BCUT2D eigenvalue weighted by atomic mass is 32.2. The summed E-state index contributed by atoms with van der Waals surface area (Å²) in [5, 5.41) is 23.1. The van der Waals surface area contributed by atoms with Gasteiger partial charge in [0, 0.05) is 22.9 Å². The van der Waals surface area contributed by atoms with Gasteiger partial charge in [-0.25, -0.2) is 13.1 Å². The number of nitro benzene ring substituents is 1. The average molecular weight is 375 g/mol. The van der Waals surface area contributed by atoms with Crippen LogP contribution < -0.4 is 10.0 Å². The molecule has 0 unspecified atom stereocenters. The minimum Gasteiger partial charge on any atom is -0.502 e. The predicted molar refractivity (Wildman–Crippen MR) is 93.9 cm³/mol. The largest absolute Gasteiger partial charge is 0.502 e. The van der Waals surface area contributed by atoms with Gasteiger partial charge in [0.2, 0.25) is 10.0 Å². The molecule has 2 aromatic carbocycles. The number of fused-ring (bicyclic) bond motifs is 1. The van der Waals surface area contributed by atoms with Crippen molar-refractivity contribution in [2.24, 2.45) is 0 Å². The molecule has 3 N–H and O–H groups in total. The van der Waals surface area contributed by atoms with Gasteiger partial charge in [-0.15, -0.1) is 0 Å². The van der Waals surface area contributed by atoms with Crippen LogP contribution in [0.3, 0.4) is 0 Å². The highest BCUT2D eigenvalue weighted by Crippen LogP contribution is 2.36. The molecule has 3 rings (SSSR count). The van der Waals surface area contributed by atoms with Crippen molar-refractivity contribution in [2.45, 2.75) is 4.90 Å². The number of carbonyl (C=O) groups excluding carboxylic acids is 1. The van der Waals surface area contributed by atoms with Crippen LogP contribution in [0.4, 0.5) is 11.4 Å². The summed E-state index contributed by atoms with van der Waals surface area (Å²) < 4.78 is 26.1. The topological polar surface area (TPSA) is 139 Å². The molecule has 1 aliphatic heterocycles. The van der Waals surface area contributed by atoms with E-state index in [2.05, 4.69) is 10.0 Å². The van der Waals surface area contributed by atoms with Crippen molar-refractivity contribution in [3.63, 3.8) is 0 Å². The maximum absolute atomic E-state index is 12.2. The van der Waals surface area contributed by atoms with E-state index < -0.39 is 32.3 Å². The summed E-state index contributed by atoms with van der Waals surface area (Å²) in [6.07, 6.45) is 1.39. The summed E-state index contributed by atoms with van der Waals surface area (Å²) in [5.74, 6) is -0.953.